The largest absolute Gasteiger partial charge is 0.493 e. The van der Waals surface area contributed by atoms with Crippen molar-refractivity contribution in [2.75, 3.05) is 14.2 Å². The number of methoxy groups -OCH3 is 2. The lowest BCUT2D eigenvalue weighted by Crippen LogP contribution is -2.03. The van der Waals surface area contributed by atoms with Crippen LogP contribution in [0.4, 0.5) is 0 Å². The molecule has 0 fully saturated rings. The normalized spacial score (nSPS) is 10.7. The lowest BCUT2D eigenvalue weighted by atomic mass is 10.1. The van der Waals surface area contributed by atoms with Crippen molar-refractivity contribution < 1.29 is 19.4 Å². The van der Waals surface area contributed by atoms with Crippen LogP contribution in [0.1, 0.15) is 16.1 Å². The van der Waals surface area contributed by atoms with Gasteiger partial charge in [0.2, 0.25) is 0 Å². The molecule has 118 valence electrons. The number of ether oxygens (including phenoxy) is 2. The van der Waals surface area contributed by atoms with Crippen molar-refractivity contribution in [3.8, 4) is 22.8 Å². The highest BCUT2D eigenvalue weighted by Gasteiger charge is 2.21. The molecule has 1 N–H and O–H groups in total. The van der Waals surface area contributed by atoms with Gasteiger partial charge in [-0.1, -0.05) is 6.07 Å². The molecular formula is C17H16N2O4. The van der Waals surface area contributed by atoms with E-state index in [1.807, 2.05) is 13.0 Å². The molecule has 6 heteroatoms. The minimum Gasteiger partial charge on any atom is -0.493 e. The lowest BCUT2D eigenvalue weighted by Gasteiger charge is -2.09. The number of imidazole rings is 1. The van der Waals surface area contributed by atoms with Gasteiger partial charge in [-0.05, 0) is 36.8 Å². The van der Waals surface area contributed by atoms with Gasteiger partial charge in [-0.25, -0.2) is 9.78 Å². The zero-order valence-electron chi connectivity index (χ0n) is 13.0. The summed E-state index contributed by atoms with van der Waals surface area (Å²) < 4.78 is 12.1. The second kappa shape index (κ2) is 5.64. The Balaban J connectivity index is 2.29. The maximum atomic E-state index is 11.7. The van der Waals surface area contributed by atoms with Crippen molar-refractivity contribution in [2.45, 2.75) is 6.92 Å². The van der Waals surface area contributed by atoms with E-state index in [1.165, 1.54) is 7.11 Å². The topological polar surface area (TPSA) is 73.1 Å². The number of aryl methyl sites for hydroxylation is 1. The molecule has 2 heterocycles. The van der Waals surface area contributed by atoms with Crippen molar-refractivity contribution in [3.05, 3.63) is 47.8 Å². The van der Waals surface area contributed by atoms with Crippen LogP contribution in [0.5, 0.6) is 11.5 Å². The Hall–Kier alpha value is -3.02. The fourth-order valence-electron chi connectivity index (χ4n) is 2.59. The Morgan fingerprint density at radius 2 is 1.91 bits per heavy atom. The molecule has 23 heavy (non-hydrogen) atoms. The van der Waals surface area contributed by atoms with Crippen molar-refractivity contribution in [3.63, 3.8) is 0 Å². The maximum Gasteiger partial charge on any atom is 0.355 e. The molecule has 0 radical (unpaired) electrons. The van der Waals surface area contributed by atoms with E-state index >= 15 is 0 Å². The highest BCUT2D eigenvalue weighted by atomic mass is 16.5. The predicted molar refractivity (Wildman–Crippen MR) is 85.4 cm³/mol. The average molecular weight is 312 g/mol. The molecule has 6 nitrogen and oxygen atoms in total. The molecule has 0 aliphatic heterocycles. The van der Waals surface area contributed by atoms with Gasteiger partial charge in [-0.3, -0.25) is 4.40 Å². The van der Waals surface area contributed by atoms with E-state index in [0.29, 0.717) is 28.4 Å². The molecule has 0 saturated heterocycles. The molecule has 0 aliphatic rings. The van der Waals surface area contributed by atoms with Gasteiger partial charge in [-0.15, -0.1) is 0 Å². The number of carbonyl (C=O) groups is 1. The molecule has 3 aromatic rings. The molecule has 1 aromatic carbocycles. The number of aromatic nitrogens is 2. The minimum atomic E-state index is -1.03. The Labute approximate surface area is 132 Å². The van der Waals surface area contributed by atoms with E-state index < -0.39 is 5.97 Å². The fraction of sp³-hybridized carbons (Fsp3) is 0.176. The van der Waals surface area contributed by atoms with Crippen LogP contribution in [0.3, 0.4) is 0 Å². The second-order valence-electron chi connectivity index (χ2n) is 5.07. The van der Waals surface area contributed by atoms with Gasteiger partial charge in [-0.2, -0.15) is 0 Å². The van der Waals surface area contributed by atoms with Gasteiger partial charge in [0, 0.05) is 11.8 Å². The molecule has 0 amide bonds. The number of aromatic carboxylic acids is 1. The number of pyridine rings is 1. The Morgan fingerprint density at radius 3 is 2.57 bits per heavy atom. The summed E-state index contributed by atoms with van der Waals surface area (Å²) in [6.07, 6.45) is 1.70. The summed E-state index contributed by atoms with van der Waals surface area (Å²) in [4.78, 5) is 16.3. The van der Waals surface area contributed by atoms with E-state index in [9.17, 15) is 9.90 Å². The van der Waals surface area contributed by atoms with Gasteiger partial charge in [0.25, 0.3) is 0 Å². The second-order valence-corrected chi connectivity index (χ2v) is 5.07. The lowest BCUT2D eigenvalue weighted by molar-refractivity contribution is 0.0690. The first kappa shape index (κ1) is 14.9. The zero-order chi connectivity index (χ0) is 16.6. The summed E-state index contributed by atoms with van der Waals surface area (Å²) in [6, 6.07) is 8.92. The Kier molecular flexibility index (Phi) is 3.65. The van der Waals surface area contributed by atoms with Crippen LogP contribution in [0.2, 0.25) is 0 Å². The number of fused-ring (bicyclic) bond motifs is 1. The van der Waals surface area contributed by atoms with E-state index in [0.717, 1.165) is 5.56 Å². The van der Waals surface area contributed by atoms with Crippen LogP contribution in [0.25, 0.3) is 16.9 Å². The van der Waals surface area contributed by atoms with Gasteiger partial charge >= 0.3 is 5.97 Å². The summed E-state index contributed by atoms with van der Waals surface area (Å²) >= 11 is 0. The van der Waals surface area contributed by atoms with E-state index in [4.69, 9.17) is 9.47 Å². The van der Waals surface area contributed by atoms with Crippen LogP contribution in [0.15, 0.2) is 36.5 Å². The summed E-state index contributed by atoms with van der Waals surface area (Å²) in [5.41, 5.74) is 2.70. The number of carboxylic acids is 1. The average Bonchev–Trinajstić information content (AvgIpc) is 2.95. The molecule has 3 rings (SSSR count). The molecule has 0 spiro atoms. The first-order valence-corrected chi connectivity index (χ1v) is 7.00. The molecule has 2 aromatic heterocycles. The summed E-state index contributed by atoms with van der Waals surface area (Å²) in [5.74, 6) is 0.0658. The van der Waals surface area contributed by atoms with Crippen molar-refractivity contribution in [1.29, 1.82) is 0 Å². The third kappa shape index (κ3) is 2.38. The van der Waals surface area contributed by atoms with Gasteiger partial charge < -0.3 is 14.6 Å². The number of nitrogens with zero attached hydrogens (tertiary/aromatic N) is 2. The minimum absolute atomic E-state index is 0.121. The zero-order valence-corrected chi connectivity index (χ0v) is 13.0. The Morgan fingerprint density at radius 1 is 1.17 bits per heavy atom. The molecule has 0 atom stereocenters. The third-order valence-electron chi connectivity index (χ3n) is 3.70. The molecular weight excluding hydrogens is 296 g/mol. The Bertz CT molecular complexity index is 899. The van der Waals surface area contributed by atoms with Crippen molar-refractivity contribution >= 4 is 11.6 Å². The number of carboxylic acid groups (broad SMARTS) is 1. The SMILES string of the molecule is COc1ccc(-c2nc3c(C)cccn3c2C(=O)O)cc1OC. The van der Waals surface area contributed by atoms with Gasteiger partial charge in [0.05, 0.1) is 14.2 Å². The number of hydrogen-bond acceptors (Lipinski definition) is 4. The van der Waals surface area contributed by atoms with E-state index in [-0.39, 0.29) is 5.69 Å². The number of benzene rings is 1. The van der Waals surface area contributed by atoms with Crippen LogP contribution < -0.4 is 9.47 Å². The highest BCUT2D eigenvalue weighted by molar-refractivity contribution is 5.95. The molecule has 0 aliphatic carbocycles. The van der Waals surface area contributed by atoms with E-state index in [1.54, 1.807) is 42.0 Å². The van der Waals surface area contributed by atoms with Crippen molar-refractivity contribution in [2.24, 2.45) is 0 Å². The number of hydrogen-bond donors (Lipinski definition) is 1. The fourth-order valence-corrected chi connectivity index (χ4v) is 2.59. The maximum absolute atomic E-state index is 11.7. The van der Waals surface area contributed by atoms with Crippen LogP contribution in [-0.4, -0.2) is 34.7 Å². The summed E-state index contributed by atoms with van der Waals surface area (Å²) in [7, 11) is 3.09. The highest BCUT2D eigenvalue weighted by Crippen LogP contribution is 2.34. The van der Waals surface area contributed by atoms with Gasteiger partial charge in [0.1, 0.15) is 11.3 Å². The predicted octanol–water partition coefficient (Wildman–Crippen LogP) is 3.03. The molecule has 0 saturated carbocycles. The first-order valence-electron chi connectivity index (χ1n) is 7.00. The van der Waals surface area contributed by atoms with Crippen molar-refractivity contribution in [1.82, 2.24) is 9.38 Å². The van der Waals surface area contributed by atoms with Crippen LogP contribution >= 0.6 is 0 Å². The molecule has 0 bridgehead atoms. The van der Waals surface area contributed by atoms with E-state index in [2.05, 4.69) is 4.98 Å². The van der Waals surface area contributed by atoms with Gasteiger partial charge in [0.15, 0.2) is 17.2 Å². The summed E-state index contributed by atoms with van der Waals surface area (Å²) in [6.45, 7) is 1.90. The molecule has 0 unspecified atom stereocenters. The standard InChI is InChI=1S/C17H16N2O4/c1-10-5-4-8-19-15(17(20)21)14(18-16(10)19)11-6-7-12(22-2)13(9-11)23-3/h4-9H,1-3H3,(H,20,21). The first-order chi connectivity index (χ1) is 11.1. The van der Waals surface area contributed by atoms with Crippen LogP contribution in [-0.2, 0) is 0 Å². The smallest absolute Gasteiger partial charge is 0.355 e. The summed E-state index contributed by atoms with van der Waals surface area (Å²) in [5, 5.41) is 9.62. The quantitative estimate of drug-likeness (QED) is 0.801. The van der Waals surface area contributed by atoms with Crippen LogP contribution in [0, 0.1) is 6.92 Å². The third-order valence-corrected chi connectivity index (χ3v) is 3.70. The number of rotatable bonds is 4. The monoisotopic (exact) mass is 312 g/mol.